The molecular weight excluding hydrogens is 436 g/mol. The zero-order valence-corrected chi connectivity index (χ0v) is 17.8. The molecule has 2 aromatic carbocycles. The molecule has 1 fully saturated rings. The molecule has 11 heteroatoms. The third-order valence-electron chi connectivity index (χ3n) is 5.52. The minimum atomic E-state index is -0.606. The van der Waals surface area contributed by atoms with Gasteiger partial charge in [0.2, 0.25) is 0 Å². The molecule has 1 saturated heterocycles. The second kappa shape index (κ2) is 7.61. The number of hydrogen-bond acceptors (Lipinski definition) is 7. The van der Waals surface area contributed by atoms with Crippen molar-refractivity contribution in [3.05, 3.63) is 73.3 Å². The summed E-state index contributed by atoms with van der Waals surface area (Å²) in [7, 11) is 0. The van der Waals surface area contributed by atoms with Gasteiger partial charge in [-0.25, -0.2) is 4.79 Å². The number of amides is 3. The van der Waals surface area contributed by atoms with Crippen LogP contribution in [0.15, 0.2) is 42.0 Å². The molecule has 10 nitrogen and oxygen atoms in total. The van der Waals surface area contributed by atoms with Crippen LogP contribution < -0.4 is 0 Å². The van der Waals surface area contributed by atoms with Gasteiger partial charge in [0.25, 0.3) is 17.3 Å². The Morgan fingerprint density at radius 3 is 1.84 bits per heavy atom. The molecule has 0 saturated carbocycles. The van der Waals surface area contributed by atoms with E-state index in [-0.39, 0.29) is 35.0 Å². The molecule has 2 aliphatic rings. The molecule has 32 heavy (non-hydrogen) atoms. The summed E-state index contributed by atoms with van der Waals surface area (Å²) >= 11 is 5.51. The van der Waals surface area contributed by atoms with Crippen LogP contribution in [0.2, 0.25) is 0 Å². The van der Waals surface area contributed by atoms with Crippen molar-refractivity contribution < 1.29 is 19.4 Å². The Bertz CT molecular complexity index is 1260. The lowest BCUT2D eigenvalue weighted by Crippen LogP contribution is -2.55. The maximum absolute atomic E-state index is 13.3. The molecule has 162 valence electrons. The molecule has 0 unspecified atom stereocenters. The number of likely N-dealkylation sites (N-methyl/N-ethyl adjacent to an activating group) is 2. The van der Waals surface area contributed by atoms with E-state index in [1.54, 1.807) is 13.8 Å². The predicted molar refractivity (Wildman–Crippen MR) is 119 cm³/mol. The van der Waals surface area contributed by atoms with Crippen LogP contribution in [0.5, 0.6) is 0 Å². The van der Waals surface area contributed by atoms with Crippen LogP contribution in [0.25, 0.3) is 16.7 Å². The van der Waals surface area contributed by atoms with Crippen LogP contribution in [0, 0.1) is 20.2 Å². The van der Waals surface area contributed by atoms with Crippen molar-refractivity contribution in [3.63, 3.8) is 0 Å². The number of rotatable bonds is 4. The maximum atomic E-state index is 13.3. The fraction of sp³-hybridized carbons (Fsp3) is 0.190. The van der Waals surface area contributed by atoms with Crippen molar-refractivity contribution in [2.45, 2.75) is 13.8 Å². The molecule has 1 aliphatic heterocycles. The summed E-state index contributed by atoms with van der Waals surface area (Å²) in [4.78, 5) is 50.0. The maximum Gasteiger partial charge on any atom is 0.332 e. The highest BCUT2D eigenvalue weighted by molar-refractivity contribution is 7.81. The first-order valence-corrected chi connectivity index (χ1v) is 10.1. The normalized spacial score (nSPS) is 17.5. The fourth-order valence-corrected chi connectivity index (χ4v) is 4.44. The van der Waals surface area contributed by atoms with E-state index in [9.17, 15) is 29.8 Å². The largest absolute Gasteiger partial charge is 0.332 e. The standard InChI is InChI=1S/C21H16N4O6S/c1-3-22-19(26)18(20(32)23(4-2)21(22)27)17-14-8-6-11(24(28)29)9-15(14)13-7-5-12(25(30)31)10-16(13)17/h5-10H,3-4H2,1-2H3. The molecule has 0 aromatic heterocycles. The highest BCUT2D eigenvalue weighted by atomic mass is 32.1. The molecule has 0 spiro atoms. The Kier molecular flexibility index (Phi) is 5.05. The molecule has 0 N–H and O–H groups in total. The molecule has 0 bridgehead atoms. The van der Waals surface area contributed by atoms with Crippen molar-refractivity contribution in [2.75, 3.05) is 13.1 Å². The fourth-order valence-electron chi connectivity index (χ4n) is 4.04. The van der Waals surface area contributed by atoms with Gasteiger partial charge in [0.05, 0.1) is 15.4 Å². The van der Waals surface area contributed by atoms with Crippen LogP contribution in [0.4, 0.5) is 16.2 Å². The van der Waals surface area contributed by atoms with Crippen LogP contribution >= 0.6 is 12.2 Å². The van der Waals surface area contributed by atoms with Gasteiger partial charge in [-0.2, -0.15) is 0 Å². The third kappa shape index (κ3) is 2.97. The van der Waals surface area contributed by atoms with E-state index in [0.29, 0.717) is 27.8 Å². The monoisotopic (exact) mass is 452 g/mol. The number of urea groups is 1. The number of imide groups is 1. The van der Waals surface area contributed by atoms with Gasteiger partial charge >= 0.3 is 6.03 Å². The third-order valence-corrected chi connectivity index (χ3v) is 5.94. The number of fused-ring (bicyclic) bond motifs is 3. The number of benzene rings is 2. The van der Waals surface area contributed by atoms with Crippen molar-refractivity contribution in [2.24, 2.45) is 0 Å². The number of thiocarbonyl (C=S) groups is 1. The van der Waals surface area contributed by atoms with Crippen LogP contribution in [-0.2, 0) is 4.79 Å². The first-order valence-electron chi connectivity index (χ1n) is 9.71. The predicted octanol–water partition coefficient (Wildman–Crippen LogP) is 3.92. The Hall–Kier alpha value is -3.99. The number of nitro benzene ring substituents is 2. The summed E-state index contributed by atoms with van der Waals surface area (Å²) in [5.41, 5.74) is 1.86. The van der Waals surface area contributed by atoms with Gasteiger partial charge in [-0.15, -0.1) is 0 Å². The lowest BCUT2D eigenvalue weighted by atomic mass is 9.95. The SMILES string of the molecule is CCN1C(=O)C(=C2c3cc([N+](=O)[O-])ccc3-c3cc([N+](=O)[O-])ccc32)C(=S)N(CC)C1=O. The lowest BCUT2D eigenvalue weighted by molar-refractivity contribution is -0.385. The molecular formula is C21H16N4O6S. The highest BCUT2D eigenvalue weighted by Crippen LogP contribution is 2.49. The Morgan fingerprint density at radius 1 is 0.781 bits per heavy atom. The zero-order valence-electron chi connectivity index (χ0n) is 17.0. The van der Waals surface area contributed by atoms with E-state index < -0.39 is 21.8 Å². The van der Waals surface area contributed by atoms with E-state index in [4.69, 9.17) is 12.2 Å². The Morgan fingerprint density at radius 2 is 1.31 bits per heavy atom. The van der Waals surface area contributed by atoms with Crippen molar-refractivity contribution in [1.82, 2.24) is 9.80 Å². The average molecular weight is 452 g/mol. The van der Waals surface area contributed by atoms with Gasteiger partial charge in [-0.1, -0.05) is 12.2 Å². The first-order chi connectivity index (χ1) is 15.2. The number of nitro groups is 2. The van der Waals surface area contributed by atoms with Gasteiger partial charge in [0, 0.05) is 42.9 Å². The van der Waals surface area contributed by atoms with Crippen LogP contribution in [0.1, 0.15) is 25.0 Å². The van der Waals surface area contributed by atoms with E-state index in [1.165, 1.54) is 41.3 Å². The van der Waals surface area contributed by atoms with Crippen LogP contribution in [0.3, 0.4) is 0 Å². The van der Waals surface area contributed by atoms with E-state index in [1.807, 2.05) is 0 Å². The second-order valence-electron chi connectivity index (χ2n) is 7.11. The number of non-ortho nitro benzene ring substituents is 2. The summed E-state index contributed by atoms with van der Waals surface area (Å²) in [6.07, 6.45) is 0. The highest BCUT2D eigenvalue weighted by Gasteiger charge is 2.42. The number of carbonyl (C=O) groups excluding carboxylic acids is 2. The topological polar surface area (TPSA) is 127 Å². The van der Waals surface area contributed by atoms with E-state index >= 15 is 0 Å². The average Bonchev–Trinajstić information content (AvgIpc) is 3.07. The summed E-state index contributed by atoms with van der Waals surface area (Å²) in [5.74, 6) is -0.606. The van der Waals surface area contributed by atoms with Gasteiger partial charge in [-0.05, 0) is 48.2 Å². The quantitative estimate of drug-likeness (QED) is 0.254. The molecule has 3 amide bonds. The summed E-state index contributed by atoms with van der Waals surface area (Å²) in [6.45, 7) is 3.72. The summed E-state index contributed by atoms with van der Waals surface area (Å²) < 4.78 is 0. The minimum absolute atomic E-state index is 0.0193. The zero-order chi connectivity index (χ0) is 23.3. The van der Waals surface area contributed by atoms with Crippen molar-refractivity contribution in [3.8, 4) is 11.1 Å². The minimum Gasteiger partial charge on any atom is -0.284 e. The molecule has 0 atom stereocenters. The lowest BCUT2D eigenvalue weighted by Gasteiger charge is -2.35. The van der Waals surface area contributed by atoms with Crippen LogP contribution in [-0.4, -0.2) is 49.7 Å². The van der Waals surface area contributed by atoms with Gasteiger partial charge in [-0.3, -0.25) is 34.8 Å². The van der Waals surface area contributed by atoms with Gasteiger partial charge in [0.15, 0.2) is 0 Å². The smallest absolute Gasteiger partial charge is 0.284 e. The van der Waals surface area contributed by atoms with Gasteiger partial charge in [0.1, 0.15) is 4.99 Å². The Labute approximate surface area is 187 Å². The molecule has 0 radical (unpaired) electrons. The molecule has 1 aliphatic carbocycles. The first kappa shape index (κ1) is 21.2. The van der Waals surface area contributed by atoms with E-state index in [2.05, 4.69) is 0 Å². The Balaban J connectivity index is 2.09. The second-order valence-corrected chi connectivity index (χ2v) is 7.49. The van der Waals surface area contributed by atoms with E-state index in [0.717, 1.165) is 4.90 Å². The van der Waals surface area contributed by atoms with Crippen molar-refractivity contribution in [1.29, 1.82) is 0 Å². The molecule has 2 aromatic rings. The number of carbonyl (C=O) groups is 2. The summed E-state index contributed by atoms with van der Waals surface area (Å²) in [6, 6.07) is 7.76. The number of hydrogen-bond donors (Lipinski definition) is 0. The summed E-state index contributed by atoms with van der Waals surface area (Å²) in [5, 5.41) is 22.7. The molecule has 4 rings (SSSR count). The van der Waals surface area contributed by atoms with Crippen molar-refractivity contribution >= 4 is 46.1 Å². The number of nitrogens with zero attached hydrogens (tertiary/aromatic N) is 4. The van der Waals surface area contributed by atoms with Gasteiger partial charge < -0.3 is 0 Å². The molecule has 1 heterocycles.